The summed E-state index contributed by atoms with van der Waals surface area (Å²) in [5.41, 5.74) is 0.829. The van der Waals surface area contributed by atoms with E-state index in [9.17, 15) is 9.18 Å². The average Bonchev–Trinajstić information content (AvgIpc) is 2.99. The van der Waals surface area contributed by atoms with Gasteiger partial charge in [0, 0.05) is 42.3 Å². The van der Waals surface area contributed by atoms with E-state index in [0.29, 0.717) is 17.6 Å². The maximum atomic E-state index is 13.3. The predicted molar refractivity (Wildman–Crippen MR) is 102 cm³/mol. The Labute approximate surface area is 159 Å². The molecule has 0 aromatic heterocycles. The molecule has 0 radical (unpaired) electrons. The minimum atomic E-state index is -0.442. The van der Waals surface area contributed by atoms with Crippen molar-refractivity contribution in [2.45, 2.75) is 32.1 Å². The molecular formula is C20H27ClFN3O. The van der Waals surface area contributed by atoms with Crippen LogP contribution in [0, 0.1) is 17.2 Å². The van der Waals surface area contributed by atoms with E-state index in [-0.39, 0.29) is 10.9 Å². The van der Waals surface area contributed by atoms with Gasteiger partial charge < -0.3 is 10.2 Å². The molecule has 0 bridgehead atoms. The van der Waals surface area contributed by atoms with Crippen LogP contribution in [0.5, 0.6) is 0 Å². The molecule has 1 aromatic rings. The number of carbonyl (C=O) groups excluding carboxylic acids is 1. The molecule has 0 atom stereocenters. The topological polar surface area (TPSA) is 35.6 Å². The van der Waals surface area contributed by atoms with Crippen LogP contribution in [-0.4, -0.2) is 55.0 Å². The summed E-state index contributed by atoms with van der Waals surface area (Å²) >= 11 is 5.82. The zero-order valence-electron chi connectivity index (χ0n) is 15.1. The SMILES string of the molecule is O=C(CN1CC2(CN(CCC3CCCC3)C2)C1)Nc1cc(F)cc(Cl)c1. The van der Waals surface area contributed by atoms with Gasteiger partial charge in [0.05, 0.1) is 6.54 Å². The normalized spacial score (nSPS) is 23.0. The largest absolute Gasteiger partial charge is 0.325 e. The minimum Gasteiger partial charge on any atom is -0.325 e. The van der Waals surface area contributed by atoms with Gasteiger partial charge in [-0.15, -0.1) is 0 Å². The number of halogens is 2. The van der Waals surface area contributed by atoms with Gasteiger partial charge in [-0.2, -0.15) is 0 Å². The number of carbonyl (C=O) groups is 1. The number of hydrogen-bond acceptors (Lipinski definition) is 3. The summed E-state index contributed by atoms with van der Waals surface area (Å²) in [6, 6.07) is 4.08. The second-order valence-electron chi connectivity index (χ2n) is 8.50. The molecule has 1 aromatic carbocycles. The highest BCUT2D eigenvalue weighted by Gasteiger charge is 2.51. The van der Waals surface area contributed by atoms with E-state index in [1.54, 1.807) is 6.07 Å². The molecule has 2 saturated heterocycles. The van der Waals surface area contributed by atoms with Gasteiger partial charge in [-0.1, -0.05) is 37.3 Å². The Kier molecular flexibility index (Phi) is 5.22. The Morgan fingerprint density at radius 1 is 1.15 bits per heavy atom. The van der Waals surface area contributed by atoms with Crippen LogP contribution in [0.2, 0.25) is 5.02 Å². The Morgan fingerprint density at radius 3 is 2.54 bits per heavy atom. The van der Waals surface area contributed by atoms with Gasteiger partial charge in [-0.3, -0.25) is 9.69 Å². The summed E-state index contributed by atoms with van der Waals surface area (Å²) in [5, 5.41) is 3.02. The van der Waals surface area contributed by atoms with Crippen LogP contribution in [0.15, 0.2) is 18.2 Å². The van der Waals surface area contributed by atoms with Crippen LogP contribution in [0.1, 0.15) is 32.1 Å². The van der Waals surface area contributed by atoms with Crippen LogP contribution in [0.25, 0.3) is 0 Å². The lowest BCUT2D eigenvalue weighted by Crippen LogP contribution is -2.72. The maximum absolute atomic E-state index is 13.3. The number of rotatable bonds is 6. The van der Waals surface area contributed by atoms with E-state index >= 15 is 0 Å². The fourth-order valence-corrected chi connectivity index (χ4v) is 5.19. The molecule has 3 fully saturated rings. The first-order valence-corrected chi connectivity index (χ1v) is 10.1. The Morgan fingerprint density at radius 2 is 1.85 bits per heavy atom. The lowest BCUT2D eigenvalue weighted by atomic mass is 9.72. The fourth-order valence-electron chi connectivity index (χ4n) is 4.97. The van der Waals surface area contributed by atoms with Crippen LogP contribution >= 0.6 is 11.6 Å². The van der Waals surface area contributed by atoms with Crippen LogP contribution in [0.3, 0.4) is 0 Å². The molecule has 2 heterocycles. The van der Waals surface area contributed by atoms with Crippen molar-refractivity contribution in [1.29, 1.82) is 0 Å². The Bertz CT molecular complexity index is 643. The molecule has 4 nitrogen and oxygen atoms in total. The first kappa shape index (κ1) is 18.2. The fraction of sp³-hybridized carbons (Fsp3) is 0.650. The second-order valence-corrected chi connectivity index (χ2v) is 8.94. The lowest BCUT2D eigenvalue weighted by molar-refractivity contribution is -0.133. The van der Waals surface area contributed by atoms with E-state index in [4.69, 9.17) is 11.6 Å². The zero-order chi connectivity index (χ0) is 18.1. The number of nitrogens with zero attached hydrogens (tertiary/aromatic N) is 2. The molecule has 0 unspecified atom stereocenters. The van der Waals surface area contributed by atoms with Crippen molar-refractivity contribution >= 4 is 23.2 Å². The number of likely N-dealkylation sites (tertiary alicyclic amines) is 2. The van der Waals surface area contributed by atoms with E-state index in [1.807, 2.05) is 0 Å². The Hall–Kier alpha value is -1.17. The monoisotopic (exact) mass is 379 g/mol. The number of amides is 1. The highest BCUT2D eigenvalue weighted by Crippen LogP contribution is 2.40. The van der Waals surface area contributed by atoms with Crippen molar-refractivity contribution in [2.75, 3.05) is 44.6 Å². The van der Waals surface area contributed by atoms with Gasteiger partial charge in [0.25, 0.3) is 0 Å². The third-order valence-electron chi connectivity index (χ3n) is 6.08. The first-order valence-electron chi connectivity index (χ1n) is 9.70. The van der Waals surface area contributed by atoms with E-state index in [2.05, 4.69) is 15.1 Å². The number of hydrogen-bond donors (Lipinski definition) is 1. The smallest absolute Gasteiger partial charge is 0.238 e. The van der Waals surface area contributed by atoms with Crippen molar-refractivity contribution in [1.82, 2.24) is 9.80 Å². The second kappa shape index (κ2) is 7.45. The minimum absolute atomic E-state index is 0.112. The van der Waals surface area contributed by atoms with E-state index in [0.717, 1.165) is 19.0 Å². The van der Waals surface area contributed by atoms with Crippen molar-refractivity contribution in [3.8, 4) is 0 Å². The van der Waals surface area contributed by atoms with Gasteiger partial charge in [-0.25, -0.2) is 4.39 Å². The van der Waals surface area contributed by atoms with Crippen molar-refractivity contribution in [3.05, 3.63) is 29.0 Å². The van der Waals surface area contributed by atoms with Gasteiger partial charge >= 0.3 is 0 Å². The predicted octanol–water partition coefficient (Wildman–Crippen LogP) is 3.62. The molecule has 142 valence electrons. The third-order valence-corrected chi connectivity index (χ3v) is 6.30. The van der Waals surface area contributed by atoms with Crippen molar-refractivity contribution in [2.24, 2.45) is 11.3 Å². The quantitative estimate of drug-likeness (QED) is 0.820. The molecular weight excluding hydrogens is 353 g/mol. The summed E-state index contributed by atoms with van der Waals surface area (Å²) in [6.45, 7) is 5.94. The summed E-state index contributed by atoms with van der Waals surface area (Å²) in [4.78, 5) is 16.9. The van der Waals surface area contributed by atoms with E-state index in [1.165, 1.54) is 63.9 Å². The molecule has 1 saturated carbocycles. The maximum Gasteiger partial charge on any atom is 0.238 e. The average molecular weight is 380 g/mol. The zero-order valence-corrected chi connectivity index (χ0v) is 15.9. The summed E-state index contributed by atoms with van der Waals surface area (Å²) in [6.07, 6.45) is 7.07. The van der Waals surface area contributed by atoms with E-state index < -0.39 is 5.82 Å². The summed E-state index contributed by atoms with van der Waals surface area (Å²) in [7, 11) is 0. The highest BCUT2D eigenvalue weighted by molar-refractivity contribution is 6.30. The molecule has 3 aliphatic rings. The van der Waals surface area contributed by atoms with Gasteiger partial charge in [0.1, 0.15) is 5.82 Å². The molecule has 2 aliphatic heterocycles. The van der Waals surface area contributed by atoms with Gasteiger partial charge in [-0.05, 0) is 37.1 Å². The molecule has 26 heavy (non-hydrogen) atoms. The molecule has 6 heteroatoms. The van der Waals surface area contributed by atoms with Crippen molar-refractivity contribution in [3.63, 3.8) is 0 Å². The van der Waals surface area contributed by atoms with Gasteiger partial charge in [0.15, 0.2) is 0 Å². The molecule has 1 amide bonds. The number of anilines is 1. The van der Waals surface area contributed by atoms with Crippen LogP contribution < -0.4 is 5.32 Å². The highest BCUT2D eigenvalue weighted by atomic mass is 35.5. The molecule has 1 spiro atoms. The van der Waals surface area contributed by atoms with Gasteiger partial charge in [0.2, 0.25) is 5.91 Å². The van der Waals surface area contributed by atoms with Crippen molar-refractivity contribution < 1.29 is 9.18 Å². The standard InChI is InChI=1S/C20H27ClFN3O/c21-16-7-17(22)9-18(8-16)23-19(26)10-25-13-20(14-25)11-24(12-20)6-5-15-3-1-2-4-15/h7-9,15H,1-6,10-14H2,(H,23,26). The molecule has 1 N–H and O–H groups in total. The first-order chi connectivity index (χ1) is 12.5. The number of benzene rings is 1. The summed E-state index contributed by atoms with van der Waals surface area (Å²) in [5.74, 6) is 0.409. The summed E-state index contributed by atoms with van der Waals surface area (Å²) < 4.78 is 13.3. The number of nitrogens with one attached hydrogen (secondary N) is 1. The molecule has 4 rings (SSSR count). The Balaban J connectivity index is 1.15. The lowest BCUT2D eigenvalue weighted by Gasteiger charge is -2.60. The van der Waals surface area contributed by atoms with Crippen LogP contribution in [0.4, 0.5) is 10.1 Å². The van der Waals surface area contributed by atoms with Crippen LogP contribution in [-0.2, 0) is 4.79 Å². The third kappa shape index (κ3) is 4.21. The molecule has 1 aliphatic carbocycles.